The number of nitrogens with one attached hydrogen (secondary N) is 2. The minimum absolute atomic E-state index is 0. The molecule has 2 amide bonds. The van der Waals surface area contributed by atoms with Crippen molar-refractivity contribution in [3.8, 4) is 5.75 Å². The van der Waals surface area contributed by atoms with Crippen molar-refractivity contribution in [2.45, 2.75) is 25.9 Å². The van der Waals surface area contributed by atoms with Gasteiger partial charge in [0, 0.05) is 20.1 Å². The van der Waals surface area contributed by atoms with E-state index in [0.29, 0.717) is 25.6 Å². The summed E-state index contributed by atoms with van der Waals surface area (Å²) in [4.78, 5) is 31.2. The summed E-state index contributed by atoms with van der Waals surface area (Å²) in [7, 11) is 1.70. The molecular weight excluding hydrogens is 507 g/mol. The minimum Gasteiger partial charge on any atom is -0.489 e. The first-order valence-electron chi connectivity index (χ1n) is 10.8. The maximum absolute atomic E-state index is 12.7. The molecule has 1 heterocycles. The van der Waals surface area contributed by atoms with Gasteiger partial charge in [0.15, 0.2) is 5.96 Å². The molecule has 8 heteroatoms. The lowest BCUT2D eigenvalue weighted by molar-refractivity contribution is -0.140. The second kappa shape index (κ2) is 10.5. The number of aliphatic imine (C=N–C) groups is 1. The van der Waals surface area contributed by atoms with Crippen LogP contribution < -0.4 is 15.4 Å². The lowest BCUT2D eigenvalue weighted by Gasteiger charge is -2.21. The summed E-state index contributed by atoms with van der Waals surface area (Å²) >= 11 is 0. The summed E-state index contributed by atoms with van der Waals surface area (Å²) in [5.41, 5.74) is 0. The molecule has 0 radical (unpaired) electrons. The van der Waals surface area contributed by atoms with Gasteiger partial charge in [-0.05, 0) is 36.8 Å². The van der Waals surface area contributed by atoms with Gasteiger partial charge in [-0.2, -0.15) is 0 Å². The summed E-state index contributed by atoms with van der Waals surface area (Å²) in [6.07, 6.45) is 6.06. The fourth-order valence-electron chi connectivity index (χ4n) is 4.86. The number of halogens is 1. The van der Waals surface area contributed by atoms with Gasteiger partial charge < -0.3 is 15.4 Å². The Bertz CT molecular complexity index is 814. The second-order valence-corrected chi connectivity index (χ2v) is 8.17. The van der Waals surface area contributed by atoms with E-state index in [1.165, 1.54) is 4.90 Å². The summed E-state index contributed by atoms with van der Waals surface area (Å²) in [5.74, 6) is 1.69. The van der Waals surface area contributed by atoms with Crippen LogP contribution in [0, 0.1) is 23.7 Å². The first kappa shape index (κ1) is 23.6. The van der Waals surface area contributed by atoms with E-state index in [1.54, 1.807) is 7.05 Å². The number of carbonyl (C=O) groups is 2. The molecule has 1 aromatic rings. The van der Waals surface area contributed by atoms with E-state index >= 15 is 0 Å². The number of ether oxygens (including phenoxy) is 1. The molecule has 5 unspecified atom stereocenters. The Balaban J connectivity index is 0.00000272. The predicted octanol–water partition coefficient (Wildman–Crippen LogP) is 2.43. The fourth-order valence-corrected chi connectivity index (χ4v) is 4.86. The van der Waals surface area contributed by atoms with Crippen LogP contribution in [0.15, 0.2) is 47.5 Å². The number of nitrogens with zero attached hydrogens (tertiary/aromatic N) is 2. The van der Waals surface area contributed by atoms with Gasteiger partial charge in [-0.25, -0.2) is 0 Å². The average molecular weight is 538 g/mol. The van der Waals surface area contributed by atoms with E-state index in [1.807, 2.05) is 30.3 Å². The van der Waals surface area contributed by atoms with Gasteiger partial charge in [-0.1, -0.05) is 37.3 Å². The number of likely N-dealkylation sites (tertiary alicyclic amines) is 1. The lowest BCUT2D eigenvalue weighted by atomic mass is 9.85. The van der Waals surface area contributed by atoms with Crippen LogP contribution in [0.25, 0.3) is 0 Å². The zero-order valence-electron chi connectivity index (χ0n) is 18.0. The minimum atomic E-state index is -0.134. The first-order chi connectivity index (χ1) is 14.6. The molecule has 2 N–H and O–H groups in total. The average Bonchev–Trinajstić information content (AvgIpc) is 3.45. The number of benzene rings is 1. The molecule has 2 bridgehead atoms. The number of allylic oxidation sites excluding steroid dienone is 2. The van der Waals surface area contributed by atoms with Crippen LogP contribution in [0.4, 0.5) is 0 Å². The van der Waals surface area contributed by atoms with Crippen molar-refractivity contribution in [1.82, 2.24) is 15.5 Å². The SMILES string of the molecule is CCC(CNC(=NC)NCCN1C(=O)C2C3C=CC(C3)C2C1=O)Oc1ccccc1.I. The number of imide groups is 1. The number of fused-ring (bicyclic) bond motifs is 5. The molecule has 1 aliphatic heterocycles. The molecule has 31 heavy (non-hydrogen) atoms. The van der Waals surface area contributed by atoms with Gasteiger partial charge in [-0.3, -0.25) is 19.5 Å². The topological polar surface area (TPSA) is 83.0 Å². The van der Waals surface area contributed by atoms with Crippen molar-refractivity contribution >= 4 is 41.8 Å². The number of carbonyl (C=O) groups excluding carboxylic acids is 2. The molecule has 2 aliphatic carbocycles. The van der Waals surface area contributed by atoms with Crippen molar-refractivity contribution in [1.29, 1.82) is 0 Å². The van der Waals surface area contributed by atoms with Crippen molar-refractivity contribution in [2.24, 2.45) is 28.7 Å². The quantitative estimate of drug-likeness (QED) is 0.175. The molecule has 1 saturated heterocycles. The van der Waals surface area contributed by atoms with Crippen molar-refractivity contribution in [3.63, 3.8) is 0 Å². The Labute approximate surface area is 200 Å². The Kier molecular flexibility index (Phi) is 7.96. The Morgan fingerprint density at radius 1 is 1.13 bits per heavy atom. The van der Waals surface area contributed by atoms with Crippen molar-refractivity contribution < 1.29 is 14.3 Å². The van der Waals surface area contributed by atoms with Gasteiger partial charge in [-0.15, -0.1) is 24.0 Å². The standard InChI is InChI=1S/C23H30N4O3.HI/c1-3-17(30-18-7-5-4-6-8-18)14-26-23(24-2)25-11-12-27-21(28)19-15-9-10-16(13-15)20(19)22(27)29;/h4-10,15-17,19-20H,3,11-14H2,1-2H3,(H2,24,25,26);1H. The third kappa shape index (κ3) is 4.88. The Morgan fingerprint density at radius 2 is 1.77 bits per heavy atom. The lowest BCUT2D eigenvalue weighted by Crippen LogP contribution is -2.46. The normalized spacial score (nSPS) is 27.2. The van der Waals surface area contributed by atoms with Crippen LogP contribution in [0.3, 0.4) is 0 Å². The monoisotopic (exact) mass is 538 g/mol. The van der Waals surface area contributed by atoms with Gasteiger partial charge in [0.2, 0.25) is 11.8 Å². The molecule has 0 spiro atoms. The molecule has 5 atom stereocenters. The molecule has 0 aromatic heterocycles. The highest BCUT2D eigenvalue weighted by Crippen LogP contribution is 2.52. The third-order valence-electron chi connectivity index (χ3n) is 6.41. The second-order valence-electron chi connectivity index (χ2n) is 8.17. The number of hydrogen-bond donors (Lipinski definition) is 2. The Morgan fingerprint density at radius 3 is 2.35 bits per heavy atom. The van der Waals surface area contributed by atoms with E-state index in [2.05, 4.69) is 34.7 Å². The highest BCUT2D eigenvalue weighted by molar-refractivity contribution is 14.0. The molecular formula is C23H31IN4O3. The third-order valence-corrected chi connectivity index (χ3v) is 6.41. The smallest absolute Gasteiger partial charge is 0.233 e. The molecule has 1 saturated carbocycles. The summed E-state index contributed by atoms with van der Waals surface area (Å²) in [6, 6.07) is 9.75. The molecule has 168 valence electrons. The van der Waals surface area contributed by atoms with Crippen LogP contribution in [0.1, 0.15) is 19.8 Å². The predicted molar refractivity (Wildman–Crippen MR) is 130 cm³/mol. The molecule has 4 rings (SSSR count). The highest BCUT2D eigenvalue weighted by Gasteiger charge is 2.58. The zero-order valence-corrected chi connectivity index (χ0v) is 20.3. The van der Waals surface area contributed by atoms with Crippen LogP contribution in [0.2, 0.25) is 0 Å². The van der Waals surface area contributed by atoms with E-state index in [9.17, 15) is 9.59 Å². The maximum atomic E-state index is 12.7. The van der Waals surface area contributed by atoms with Crippen LogP contribution in [-0.4, -0.2) is 55.5 Å². The van der Waals surface area contributed by atoms with Crippen LogP contribution in [-0.2, 0) is 9.59 Å². The number of hydrogen-bond acceptors (Lipinski definition) is 4. The van der Waals surface area contributed by atoms with E-state index in [0.717, 1.165) is 18.6 Å². The van der Waals surface area contributed by atoms with Gasteiger partial charge in [0.1, 0.15) is 11.9 Å². The Hall–Kier alpha value is -2.10. The van der Waals surface area contributed by atoms with Gasteiger partial charge >= 0.3 is 0 Å². The summed E-state index contributed by atoms with van der Waals surface area (Å²) in [6.45, 7) is 3.51. The van der Waals surface area contributed by atoms with E-state index < -0.39 is 0 Å². The summed E-state index contributed by atoms with van der Waals surface area (Å²) < 4.78 is 5.99. The molecule has 7 nitrogen and oxygen atoms in total. The van der Waals surface area contributed by atoms with E-state index in [4.69, 9.17) is 4.74 Å². The largest absolute Gasteiger partial charge is 0.489 e. The summed E-state index contributed by atoms with van der Waals surface area (Å²) in [5, 5.41) is 6.47. The van der Waals surface area contributed by atoms with Crippen LogP contribution >= 0.6 is 24.0 Å². The highest BCUT2D eigenvalue weighted by atomic mass is 127. The van der Waals surface area contributed by atoms with Crippen molar-refractivity contribution in [3.05, 3.63) is 42.5 Å². The molecule has 2 fully saturated rings. The van der Waals surface area contributed by atoms with Gasteiger partial charge in [0.25, 0.3) is 0 Å². The zero-order chi connectivity index (χ0) is 21.1. The van der Waals surface area contributed by atoms with Crippen LogP contribution in [0.5, 0.6) is 5.75 Å². The fraction of sp³-hybridized carbons (Fsp3) is 0.522. The molecule has 1 aromatic carbocycles. The van der Waals surface area contributed by atoms with E-state index in [-0.39, 0.29) is 65.6 Å². The number of para-hydroxylation sites is 1. The first-order valence-corrected chi connectivity index (χ1v) is 10.8. The maximum Gasteiger partial charge on any atom is 0.233 e. The van der Waals surface area contributed by atoms with Crippen molar-refractivity contribution in [2.75, 3.05) is 26.7 Å². The number of rotatable bonds is 8. The number of amides is 2. The number of guanidine groups is 1. The van der Waals surface area contributed by atoms with Gasteiger partial charge in [0.05, 0.1) is 18.4 Å². The molecule has 3 aliphatic rings.